The average molecular weight is 305 g/mol. The predicted molar refractivity (Wildman–Crippen MR) is 73.8 cm³/mol. The number of nitrogens with two attached hydrogens (primary N) is 1. The van der Waals surface area contributed by atoms with Gasteiger partial charge in [0.05, 0.1) is 11.6 Å². The molecule has 84 valence electrons. The van der Waals surface area contributed by atoms with Gasteiger partial charge in [0.1, 0.15) is 0 Å². The first-order valence-electron chi connectivity index (χ1n) is 4.92. The Morgan fingerprint density at radius 2 is 2.00 bits per heavy atom. The standard InChI is InChI=1S/C13H9BrN2S/c14-10-2-1-3-11(7-10)17-13-6-9(8-15)4-5-12(13)16/h1-7H,16H2. The van der Waals surface area contributed by atoms with E-state index in [2.05, 4.69) is 22.0 Å². The molecule has 0 aliphatic heterocycles. The van der Waals surface area contributed by atoms with Crippen molar-refractivity contribution in [1.29, 1.82) is 5.26 Å². The van der Waals surface area contributed by atoms with Crippen molar-refractivity contribution in [3.63, 3.8) is 0 Å². The molecule has 2 rings (SSSR count). The first-order chi connectivity index (χ1) is 8.19. The lowest BCUT2D eigenvalue weighted by molar-refractivity contribution is 1.37. The van der Waals surface area contributed by atoms with Crippen LogP contribution in [0, 0.1) is 11.3 Å². The van der Waals surface area contributed by atoms with E-state index >= 15 is 0 Å². The highest BCUT2D eigenvalue weighted by Crippen LogP contribution is 2.33. The number of anilines is 1. The van der Waals surface area contributed by atoms with E-state index < -0.39 is 0 Å². The van der Waals surface area contributed by atoms with Gasteiger partial charge in [0.15, 0.2) is 0 Å². The lowest BCUT2D eigenvalue weighted by Crippen LogP contribution is -1.89. The molecule has 0 bridgehead atoms. The first-order valence-corrected chi connectivity index (χ1v) is 6.53. The molecule has 2 aromatic carbocycles. The summed E-state index contributed by atoms with van der Waals surface area (Å²) < 4.78 is 1.03. The molecule has 0 unspecified atom stereocenters. The molecule has 0 aliphatic carbocycles. The molecule has 0 saturated heterocycles. The van der Waals surface area contributed by atoms with Crippen molar-refractivity contribution in [2.24, 2.45) is 0 Å². The van der Waals surface area contributed by atoms with Crippen LogP contribution in [0.5, 0.6) is 0 Å². The minimum atomic E-state index is 0.622. The molecule has 0 radical (unpaired) electrons. The van der Waals surface area contributed by atoms with Gasteiger partial charge in [-0.05, 0) is 36.4 Å². The molecule has 2 nitrogen and oxygen atoms in total. The van der Waals surface area contributed by atoms with Crippen LogP contribution in [0.3, 0.4) is 0 Å². The number of rotatable bonds is 2. The second kappa shape index (κ2) is 5.26. The van der Waals surface area contributed by atoms with Crippen LogP contribution < -0.4 is 5.73 Å². The predicted octanol–water partition coefficient (Wildman–Crippen LogP) is 4.05. The maximum absolute atomic E-state index is 8.86. The summed E-state index contributed by atoms with van der Waals surface area (Å²) in [5.41, 5.74) is 7.20. The van der Waals surface area contributed by atoms with Crippen molar-refractivity contribution >= 4 is 33.4 Å². The third-order valence-corrected chi connectivity index (χ3v) is 3.72. The zero-order chi connectivity index (χ0) is 12.3. The third-order valence-electron chi connectivity index (χ3n) is 2.17. The van der Waals surface area contributed by atoms with Crippen LogP contribution in [0.4, 0.5) is 5.69 Å². The zero-order valence-corrected chi connectivity index (χ0v) is 11.3. The number of nitriles is 1. The Kier molecular flexibility index (Phi) is 3.72. The maximum Gasteiger partial charge on any atom is 0.0992 e. The molecule has 0 heterocycles. The van der Waals surface area contributed by atoms with Gasteiger partial charge in [0, 0.05) is 20.0 Å². The number of hydrogen-bond acceptors (Lipinski definition) is 3. The van der Waals surface area contributed by atoms with Crippen LogP contribution in [-0.2, 0) is 0 Å². The van der Waals surface area contributed by atoms with Gasteiger partial charge in [-0.2, -0.15) is 5.26 Å². The maximum atomic E-state index is 8.86. The van der Waals surface area contributed by atoms with Crippen molar-refractivity contribution in [2.45, 2.75) is 9.79 Å². The van der Waals surface area contributed by atoms with Gasteiger partial charge in [-0.25, -0.2) is 0 Å². The molecule has 4 heteroatoms. The summed E-state index contributed by atoms with van der Waals surface area (Å²) in [6, 6.07) is 15.4. The fourth-order valence-corrected chi connectivity index (χ4v) is 2.86. The van der Waals surface area contributed by atoms with Crippen LogP contribution in [0.1, 0.15) is 5.56 Å². The van der Waals surface area contributed by atoms with Crippen LogP contribution in [0.15, 0.2) is 56.7 Å². The SMILES string of the molecule is N#Cc1ccc(N)c(Sc2cccc(Br)c2)c1. The van der Waals surface area contributed by atoms with E-state index in [4.69, 9.17) is 11.0 Å². The number of benzene rings is 2. The minimum absolute atomic E-state index is 0.622. The Morgan fingerprint density at radius 3 is 2.71 bits per heavy atom. The van der Waals surface area contributed by atoms with Gasteiger partial charge in [-0.3, -0.25) is 0 Å². The highest BCUT2D eigenvalue weighted by molar-refractivity contribution is 9.10. The summed E-state index contributed by atoms with van der Waals surface area (Å²) in [6.45, 7) is 0. The fourth-order valence-electron chi connectivity index (χ4n) is 1.35. The second-order valence-electron chi connectivity index (χ2n) is 3.42. The Morgan fingerprint density at radius 1 is 1.18 bits per heavy atom. The third kappa shape index (κ3) is 3.02. The molecule has 0 aromatic heterocycles. The summed E-state index contributed by atoms with van der Waals surface area (Å²) in [6.07, 6.45) is 0. The molecule has 0 fully saturated rings. The molecule has 0 spiro atoms. The molecule has 0 saturated carbocycles. The van der Waals surface area contributed by atoms with Crippen molar-refractivity contribution in [2.75, 3.05) is 5.73 Å². The van der Waals surface area contributed by atoms with Gasteiger partial charge in [-0.1, -0.05) is 33.8 Å². The van der Waals surface area contributed by atoms with Crippen molar-refractivity contribution < 1.29 is 0 Å². The molecule has 2 N–H and O–H groups in total. The van der Waals surface area contributed by atoms with Crippen LogP contribution in [0.2, 0.25) is 0 Å². The number of nitrogens with zero attached hydrogens (tertiary/aromatic N) is 1. The summed E-state index contributed by atoms with van der Waals surface area (Å²) in [7, 11) is 0. The lowest BCUT2D eigenvalue weighted by Gasteiger charge is -2.06. The molecule has 0 atom stereocenters. The Bertz CT molecular complexity index is 590. The topological polar surface area (TPSA) is 49.8 Å². The van der Waals surface area contributed by atoms with Gasteiger partial charge in [0.25, 0.3) is 0 Å². The molecule has 0 aliphatic rings. The minimum Gasteiger partial charge on any atom is -0.398 e. The summed E-state index contributed by atoms with van der Waals surface area (Å²) in [5, 5.41) is 8.86. The van der Waals surface area contributed by atoms with Crippen LogP contribution in [-0.4, -0.2) is 0 Å². The highest BCUT2D eigenvalue weighted by Gasteiger charge is 2.04. The molecular formula is C13H9BrN2S. The van der Waals surface area contributed by atoms with E-state index in [-0.39, 0.29) is 0 Å². The first kappa shape index (κ1) is 12.0. The fraction of sp³-hybridized carbons (Fsp3) is 0. The van der Waals surface area contributed by atoms with Gasteiger partial charge >= 0.3 is 0 Å². The lowest BCUT2D eigenvalue weighted by atomic mass is 10.2. The molecule has 2 aromatic rings. The molecule has 17 heavy (non-hydrogen) atoms. The van der Waals surface area contributed by atoms with E-state index in [0.29, 0.717) is 11.3 Å². The van der Waals surface area contributed by atoms with E-state index in [9.17, 15) is 0 Å². The van der Waals surface area contributed by atoms with Gasteiger partial charge < -0.3 is 5.73 Å². The largest absolute Gasteiger partial charge is 0.398 e. The Labute approximate surface area is 113 Å². The molecule has 0 amide bonds. The van der Waals surface area contributed by atoms with Crippen molar-refractivity contribution in [1.82, 2.24) is 0 Å². The van der Waals surface area contributed by atoms with Crippen molar-refractivity contribution in [3.05, 3.63) is 52.5 Å². The average Bonchev–Trinajstić information content (AvgIpc) is 2.32. The second-order valence-corrected chi connectivity index (χ2v) is 5.45. The summed E-state index contributed by atoms with van der Waals surface area (Å²) in [4.78, 5) is 1.99. The number of nitrogen functional groups attached to an aromatic ring is 1. The van der Waals surface area contributed by atoms with E-state index in [0.717, 1.165) is 14.3 Å². The Balaban J connectivity index is 2.33. The van der Waals surface area contributed by atoms with E-state index in [1.807, 2.05) is 24.3 Å². The van der Waals surface area contributed by atoms with E-state index in [1.54, 1.807) is 30.0 Å². The highest BCUT2D eigenvalue weighted by atomic mass is 79.9. The summed E-state index contributed by atoms with van der Waals surface area (Å²) >= 11 is 4.98. The zero-order valence-electron chi connectivity index (χ0n) is 8.85. The van der Waals surface area contributed by atoms with Crippen LogP contribution in [0.25, 0.3) is 0 Å². The number of halogens is 1. The van der Waals surface area contributed by atoms with E-state index in [1.165, 1.54) is 0 Å². The Hall–Kier alpha value is -1.44. The van der Waals surface area contributed by atoms with Crippen LogP contribution >= 0.6 is 27.7 Å². The van der Waals surface area contributed by atoms with Gasteiger partial charge in [-0.15, -0.1) is 0 Å². The van der Waals surface area contributed by atoms with Gasteiger partial charge in [0.2, 0.25) is 0 Å². The quantitative estimate of drug-likeness (QED) is 0.851. The smallest absolute Gasteiger partial charge is 0.0992 e. The number of hydrogen-bond donors (Lipinski definition) is 1. The normalized spacial score (nSPS) is 9.88. The van der Waals surface area contributed by atoms with Crippen molar-refractivity contribution in [3.8, 4) is 6.07 Å². The monoisotopic (exact) mass is 304 g/mol. The summed E-state index contributed by atoms with van der Waals surface area (Å²) in [5.74, 6) is 0. The molecular weight excluding hydrogens is 296 g/mol.